The van der Waals surface area contributed by atoms with Crippen molar-refractivity contribution in [2.24, 2.45) is 0 Å². The van der Waals surface area contributed by atoms with Crippen LogP contribution in [0, 0.1) is 17.7 Å². The van der Waals surface area contributed by atoms with Gasteiger partial charge in [0.25, 0.3) is 0 Å². The van der Waals surface area contributed by atoms with Crippen molar-refractivity contribution in [1.29, 1.82) is 0 Å². The van der Waals surface area contributed by atoms with Crippen LogP contribution in [-0.4, -0.2) is 0 Å². The Labute approximate surface area is 187 Å². The molecule has 0 aliphatic carbocycles. The van der Waals surface area contributed by atoms with Crippen molar-refractivity contribution in [3.05, 3.63) is 94.8 Å². The number of unbranched alkanes of at least 4 members (excludes halogenated alkanes) is 4. The highest BCUT2D eigenvalue weighted by Gasteiger charge is 2.07. The Morgan fingerprint density at radius 3 is 2.32 bits per heavy atom. The quantitative estimate of drug-likeness (QED) is 0.188. The van der Waals surface area contributed by atoms with Gasteiger partial charge in [-0.2, -0.15) is 0 Å². The van der Waals surface area contributed by atoms with Crippen LogP contribution >= 0.6 is 0 Å². The van der Waals surface area contributed by atoms with Crippen molar-refractivity contribution in [2.75, 3.05) is 0 Å². The molecule has 0 heterocycles. The van der Waals surface area contributed by atoms with Gasteiger partial charge < -0.3 is 0 Å². The SMILES string of the molecule is C/C=C/CCc1ccc(C#Cc2ccc3c(F)c(CCCCCCC)ccc3c2)cc1. The summed E-state index contributed by atoms with van der Waals surface area (Å²) in [4.78, 5) is 0. The lowest BCUT2D eigenvalue weighted by molar-refractivity contribution is 0.595. The molecule has 0 radical (unpaired) electrons. The minimum atomic E-state index is -0.0685. The van der Waals surface area contributed by atoms with E-state index in [1.165, 1.54) is 31.2 Å². The molecule has 31 heavy (non-hydrogen) atoms. The molecule has 0 atom stereocenters. The Hall–Kier alpha value is -2.85. The molecule has 0 aromatic heterocycles. The number of rotatable bonds is 9. The maximum absolute atomic E-state index is 14.9. The smallest absolute Gasteiger partial charge is 0.134 e. The number of hydrogen-bond donors (Lipinski definition) is 0. The predicted octanol–water partition coefficient (Wildman–Crippen LogP) is 8.40. The predicted molar refractivity (Wildman–Crippen MR) is 132 cm³/mol. The lowest BCUT2D eigenvalue weighted by Crippen LogP contribution is -1.93. The third kappa shape index (κ3) is 6.83. The molecule has 160 valence electrons. The van der Waals surface area contributed by atoms with E-state index in [0.29, 0.717) is 5.39 Å². The number of aryl methyl sites for hydroxylation is 2. The molecule has 0 bridgehead atoms. The van der Waals surface area contributed by atoms with Gasteiger partial charge in [-0.25, -0.2) is 4.39 Å². The van der Waals surface area contributed by atoms with E-state index in [1.807, 2.05) is 37.3 Å². The van der Waals surface area contributed by atoms with E-state index in [4.69, 9.17) is 0 Å². The summed E-state index contributed by atoms with van der Waals surface area (Å²) in [6.07, 6.45) is 13.2. The van der Waals surface area contributed by atoms with E-state index in [0.717, 1.165) is 47.8 Å². The van der Waals surface area contributed by atoms with Crippen molar-refractivity contribution >= 4 is 10.8 Å². The summed E-state index contributed by atoms with van der Waals surface area (Å²) in [5.41, 5.74) is 4.07. The van der Waals surface area contributed by atoms with Crippen LogP contribution < -0.4 is 0 Å². The van der Waals surface area contributed by atoms with Crippen LogP contribution in [0.15, 0.2) is 66.7 Å². The van der Waals surface area contributed by atoms with Crippen molar-refractivity contribution in [1.82, 2.24) is 0 Å². The lowest BCUT2D eigenvalue weighted by Gasteiger charge is -2.07. The van der Waals surface area contributed by atoms with Gasteiger partial charge >= 0.3 is 0 Å². The number of hydrogen-bond acceptors (Lipinski definition) is 0. The summed E-state index contributed by atoms with van der Waals surface area (Å²) >= 11 is 0. The van der Waals surface area contributed by atoms with Gasteiger partial charge in [0.2, 0.25) is 0 Å². The van der Waals surface area contributed by atoms with Gasteiger partial charge in [-0.3, -0.25) is 0 Å². The highest BCUT2D eigenvalue weighted by molar-refractivity contribution is 5.85. The van der Waals surface area contributed by atoms with E-state index in [2.05, 4.69) is 55.2 Å². The van der Waals surface area contributed by atoms with Gasteiger partial charge in [-0.1, -0.05) is 86.9 Å². The zero-order valence-corrected chi connectivity index (χ0v) is 18.9. The van der Waals surface area contributed by atoms with E-state index < -0.39 is 0 Å². The zero-order valence-electron chi connectivity index (χ0n) is 18.9. The Morgan fingerprint density at radius 2 is 1.55 bits per heavy atom. The average molecular weight is 413 g/mol. The molecule has 0 spiro atoms. The molecule has 0 aliphatic heterocycles. The molecule has 0 saturated carbocycles. The average Bonchev–Trinajstić information content (AvgIpc) is 2.80. The molecule has 0 saturated heterocycles. The first kappa shape index (κ1) is 22.8. The lowest BCUT2D eigenvalue weighted by atomic mass is 9.99. The van der Waals surface area contributed by atoms with Gasteiger partial charge in [0.15, 0.2) is 0 Å². The van der Waals surface area contributed by atoms with E-state index in [9.17, 15) is 4.39 Å². The second-order valence-electron chi connectivity index (χ2n) is 8.19. The zero-order chi connectivity index (χ0) is 21.9. The Bertz CT molecular complexity index is 1060. The highest BCUT2D eigenvalue weighted by Crippen LogP contribution is 2.24. The van der Waals surface area contributed by atoms with Gasteiger partial charge in [0.1, 0.15) is 5.82 Å². The first-order valence-electron chi connectivity index (χ1n) is 11.6. The normalized spacial score (nSPS) is 11.1. The summed E-state index contributed by atoms with van der Waals surface area (Å²) in [5.74, 6) is 6.39. The molecule has 0 N–H and O–H groups in total. The topological polar surface area (TPSA) is 0 Å². The summed E-state index contributed by atoms with van der Waals surface area (Å²) in [6.45, 7) is 4.26. The van der Waals surface area contributed by atoms with Crippen molar-refractivity contribution in [3.8, 4) is 11.8 Å². The van der Waals surface area contributed by atoms with Gasteiger partial charge in [0.05, 0.1) is 0 Å². The minimum absolute atomic E-state index is 0.0685. The summed E-state index contributed by atoms with van der Waals surface area (Å²) in [6, 6.07) is 18.2. The van der Waals surface area contributed by atoms with Gasteiger partial charge in [-0.15, -0.1) is 0 Å². The number of allylic oxidation sites excluding steroid dienone is 2. The molecule has 3 aromatic carbocycles. The van der Waals surface area contributed by atoms with Crippen molar-refractivity contribution < 1.29 is 4.39 Å². The molecule has 0 amide bonds. The van der Waals surface area contributed by atoms with E-state index in [1.54, 1.807) is 0 Å². The van der Waals surface area contributed by atoms with E-state index in [-0.39, 0.29) is 5.82 Å². The Balaban J connectivity index is 1.67. The minimum Gasteiger partial charge on any atom is -0.206 e. The molecule has 0 unspecified atom stereocenters. The number of halogens is 1. The van der Waals surface area contributed by atoms with Gasteiger partial charge in [0, 0.05) is 16.5 Å². The number of benzene rings is 3. The van der Waals surface area contributed by atoms with Crippen molar-refractivity contribution in [3.63, 3.8) is 0 Å². The second kappa shape index (κ2) is 12.1. The summed E-state index contributed by atoms with van der Waals surface area (Å²) in [5, 5.41) is 1.61. The van der Waals surface area contributed by atoms with Crippen LogP contribution in [0.4, 0.5) is 4.39 Å². The molecule has 3 rings (SSSR count). The molecular formula is C30H33F. The maximum Gasteiger partial charge on any atom is 0.134 e. The fraction of sp³-hybridized carbons (Fsp3) is 0.333. The van der Waals surface area contributed by atoms with Gasteiger partial charge in [-0.05, 0) is 73.4 Å². The third-order valence-corrected chi connectivity index (χ3v) is 5.72. The van der Waals surface area contributed by atoms with Crippen LogP contribution in [0.1, 0.15) is 74.6 Å². The van der Waals surface area contributed by atoms with Crippen LogP contribution in [0.25, 0.3) is 10.8 Å². The second-order valence-corrected chi connectivity index (χ2v) is 8.19. The maximum atomic E-state index is 14.9. The fourth-order valence-corrected chi connectivity index (χ4v) is 3.84. The monoisotopic (exact) mass is 412 g/mol. The van der Waals surface area contributed by atoms with Crippen LogP contribution in [0.2, 0.25) is 0 Å². The highest BCUT2D eigenvalue weighted by atomic mass is 19.1. The molecule has 1 heteroatoms. The molecule has 0 aliphatic rings. The standard InChI is InChI=1S/C30H33F/c1-3-5-7-8-10-12-27-20-21-28-23-26(19-22-29(28)30(27)31)18-17-25-15-13-24(14-16-25)11-9-6-4-2/h4,6,13-16,19-23H,3,5,7-12H2,1-2H3/b6-4+. The summed E-state index contributed by atoms with van der Waals surface area (Å²) in [7, 11) is 0. The van der Waals surface area contributed by atoms with Crippen LogP contribution in [0.3, 0.4) is 0 Å². The summed E-state index contributed by atoms with van der Waals surface area (Å²) < 4.78 is 14.9. The Kier molecular flexibility index (Phi) is 8.92. The Morgan fingerprint density at radius 1 is 0.806 bits per heavy atom. The van der Waals surface area contributed by atoms with Crippen LogP contribution in [0.5, 0.6) is 0 Å². The molecule has 0 nitrogen and oxygen atoms in total. The third-order valence-electron chi connectivity index (χ3n) is 5.72. The number of fused-ring (bicyclic) bond motifs is 1. The fourth-order valence-electron chi connectivity index (χ4n) is 3.84. The first-order valence-corrected chi connectivity index (χ1v) is 11.6. The first-order chi connectivity index (χ1) is 15.2. The van der Waals surface area contributed by atoms with E-state index >= 15 is 0 Å². The molecule has 0 fully saturated rings. The molecule has 3 aromatic rings. The van der Waals surface area contributed by atoms with Crippen molar-refractivity contribution in [2.45, 2.75) is 65.2 Å². The molecular weight excluding hydrogens is 379 g/mol. The van der Waals surface area contributed by atoms with Crippen LogP contribution in [-0.2, 0) is 12.8 Å². The largest absolute Gasteiger partial charge is 0.206 e.